The van der Waals surface area contributed by atoms with Crippen LogP contribution >= 0.6 is 24.0 Å². The van der Waals surface area contributed by atoms with E-state index in [1.807, 2.05) is 18.2 Å². The molecule has 0 unspecified atom stereocenters. The summed E-state index contributed by atoms with van der Waals surface area (Å²) in [5, 5.41) is 2.63. The fourth-order valence-corrected chi connectivity index (χ4v) is 4.93. The number of hydrogen-bond acceptors (Lipinski definition) is 5. The van der Waals surface area contributed by atoms with Crippen molar-refractivity contribution in [1.29, 1.82) is 0 Å². The Hall–Kier alpha value is -2.64. The third-order valence-corrected chi connectivity index (χ3v) is 7.09. The molecule has 2 aromatic carbocycles. The largest absolute Gasteiger partial charge is 0.482 e. The molecule has 0 radical (unpaired) electrons. The Morgan fingerprint density at radius 3 is 2.24 bits per heavy atom. The second kappa shape index (κ2) is 8.86. The Morgan fingerprint density at radius 2 is 1.68 bits per heavy atom. The first kappa shape index (κ1) is 24.5. The number of thiocarbonyl (C=S) groups is 1. The van der Waals surface area contributed by atoms with Crippen molar-refractivity contribution in [3.05, 3.63) is 63.6 Å². The lowest BCUT2D eigenvalue weighted by atomic mass is 9.79. The molecule has 4 rings (SSSR count). The molecule has 2 amide bonds. The smallest absolute Gasteiger partial charge is 0.265 e. The predicted molar refractivity (Wildman–Crippen MR) is 143 cm³/mol. The van der Waals surface area contributed by atoms with Crippen LogP contribution in [-0.4, -0.2) is 22.7 Å². The van der Waals surface area contributed by atoms with Gasteiger partial charge >= 0.3 is 0 Å². The van der Waals surface area contributed by atoms with E-state index in [0.717, 1.165) is 11.1 Å². The summed E-state index contributed by atoms with van der Waals surface area (Å²) in [5.74, 6) is 0.361. The maximum Gasteiger partial charge on any atom is 0.265 e. The van der Waals surface area contributed by atoms with Crippen LogP contribution in [0.2, 0.25) is 0 Å². The van der Waals surface area contributed by atoms with Gasteiger partial charge in [0, 0.05) is 0 Å². The average molecular weight is 495 g/mol. The third-order valence-electron chi connectivity index (χ3n) is 5.93. The molecule has 5 nitrogen and oxygen atoms in total. The van der Waals surface area contributed by atoms with Gasteiger partial charge in [-0.05, 0) is 51.3 Å². The van der Waals surface area contributed by atoms with Crippen molar-refractivity contribution in [3.8, 4) is 5.75 Å². The summed E-state index contributed by atoms with van der Waals surface area (Å²) in [6.45, 7) is 13.7. The normalized spacial score (nSPS) is 17.6. The molecule has 178 valence electrons. The number of amides is 2. The highest BCUT2D eigenvalue weighted by atomic mass is 32.2. The molecule has 0 aliphatic carbocycles. The van der Waals surface area contributed by atoms with Crippen LogP contribution in [0.5, 0.6) is 5.75 Å². The van der Waals surface area contributed by atoms with Gasteiger partial charge in [0.1, 0.15) is 10.1 Å². The quantitative estimate of drug-likeness (QED) is 0.438. The molecule has 34 heavy (non-hydrogen) atoms. The van der Waals surface area contributed by atoms with Crippen LogP contribution in [-0.2, 0) is 27.0 Å². The topological polar surface area (TPSA) is 58.6 Å². The number of nitrogens with zero attached hydrogens (tertiary/aromatic N) is 1. The van der Waals surface area contributed by atoms with Gasteiger partial charge in [-0.1, -0.05) is 89.8 Å². The Labute approximate surface area is 210 Å². The van der Waals surface area contributed by atoms with E-state index < -0.39 is 0 Å². The molecule has 0 spiro atoms. The molecule has 0 bridgehead atoms. The van der Waals surface area contributed by atoms with Gasteiger partial charge in [0.15, 0.2) is 6.61 Å². The first-order valence-electron chi connectivity index (χ1n) is 11.3. The monoisotopic (exact) mass is 494 g/mol. The van der Waals surface area contributed by atoms with Gasteiger partial charge in [0.2, 0.25) is 0 Å². The highest BCUT2D eigenvalue weighted by molar-refractivity contribution is 8.26. The van der Waals surface area contributed by atoms with Crippen LogP contribution in [0.25, 0.3) is 6.08 Å². The lowest BCUT2D eigenvalue weighted by molar-refractivity contribution is -0.121. The predicted octanol–water partition coefficient (Wildman–Crippen LogP) is 5.70. The number of anilines is 1. The Bertz CT molecular complexity index is 1190. The second-order valence-corrected chi connectivity index (χ2v) is 12.5. The van der Waals surface area contributed by atoms with E-state index in [-0.39, 0.29) is 29.3 Å². The maximum atomic E-state index is 13.0. The summed E-state index contributed by atoms with van der Waals surface area (Å²) < 4.78 is 6.15. The number of hydrogen-bond donors (Lipinski definition) is 1. The zero-order valence-electron chi connectivity index (χ0n) is 20.4. The van der Waals surface area contributed by atoms with Gasteiger partial charge in [0.25, 0.3) is 11.8 Å². The second-order valence-electron chi connectivity index (χ2n) is 10.8. The van der Waals surface area contributed by atoms with Crippen molar-refractivity contribution in [1.82, 2.24) is 5.32 Å². The average Bonchev–Trinajstić information content (AvgIpc) is 3.05. The molecule has 0 aromatic heterocycles. The maximum absolute atomic E-state index is 13.0. The summed E-state index contributed by atoms with van der Waals surface area (Å²) in [4.78, 5) is 27.4. The molecule has 1 saturated heterocycles. The van der Waals surface area contributed by atoms with Gasteiger partial charge < -0.3 is 15.0 Å². The number of rotatable bonds is 3. The standard InChI is InChI=1S/C27H30N2O3S2/c1-26(2,3)18-9-17(10-19(13-18)27(4,5)6)14-29-20-11-16(7-8-21(20)32-15-23(29)30)12-22-24(31)28-25(33)34-22/h7-13H,14-15H2,1-6H3,(H,28,31,33). The lowest BCUT2D eigenvalue weighted by Gasteiger charge is -2.31. The van der Waals surface area contributed by atoms with E-state index in [1.165, 1.54) is 22.9 Å². The molecule has 2 aliphatic rings. The van der Waals surface area contributed by atoms with Crippen LogP contribution in [0.4, 0.5) is 5.69 Å². The Kier molecular flexibility index (Phi) is 6.38. The number of ether oxygens (including phenoxy) is 1. The van der Waals surface area contributed by atoms with Crippen LogP contribution in [0.1, 0.15) is 63.8 Å². The molecule has 0 saturated carbocycles. The van der Waals surface area contributed by atoms with Gasteiger partial charge in [-0.3, -0.25) is 9.59 Å². The minimum absolute atomic E-state index is 0.00501. The van der Waals surface area contributed by atoms with Crippen molar-refractivity contribution < 1.29 is 14.3 Å². The molecule has 2 aliphatic heterocycles. The fraction of sp³-hybridized carbons (Fsp3) is 0.370. The van der Waals surface area contributed by atoms with Crippen molar-refractivity contribution >= 4 is 51.9 Å². The minimum Gasteiger partial charge on any atom is -0.482 e. The highest BCUT2D eigenvalue weighted by Crippen LogP contribution is 2.37. The van der Waals surface area contributed by atoms with Crippen LogP contribution in [0, 0.1) is 0 Å². The third kappa shape index (κ3) is 5.20. The van der Waals surface area contributed by atoms with Crippen LogP contribution in [0.3, 0.4) is 0 Å². The lowest BCUT2D eigenvalue weighted by Crippen LogP contribution is -2.38. The van der Waals surface area contributed by atoms with E-state index in [4.69, 9.17) is 17.0 Å². The Morgan fingerprint density at radius 1 is 1.03 bits per heavy atom. The summed E-state index contributed by atoms with van der Waals surface area (Å²) in [6, 6.07) is 12.3. The molecule has 7 heteroatoms. The Balaban J connectivity index is 1.73. The van der Waals surface area contributed by atoms with Crippen LogP contribution < -0.4 is 15.0 Å². The molecular weight excluding hydrogens is 464 g/mol. The number of fused-ring (bicyclic) bond motifs is 1. The number of carbonyl (C=O) groups excluding carboxylic acids is 2. The van der Waals surface area contributed by atoms with Crippen molar-refractivity contribution in [3.63, 3.8) is 0 Å². The number of nitrogens with one attached hydrogen (secondary N) is 1. The first-order valence-corrected chi connectivity index (χ1v) is 12.5. The molecular formula is C27H30N2O3S2. The van der Waals surface area contributed by atoms with E-state index in [2.05, 4.69) is 65.1 Å². The van der Waals surface area contributed by atoms with Gasteiger partial charge in [-0.2, -0.15) is 0 Å². The van der Waals surface area contributed by atoms with E-state index in [1.54, 1.807) is 11.0 Å². The molecule has 1 N–H and O–H groups in total. The van der Waals surface area contributed by atoms with Crippen molar-refractivity contribution in [2.45, 2.75) is 58.9 Å². The van der Waals surface area contributed by atoms with E-state index in [0.29, 0.717) is 27.2 Å². The SMILES string of the molecule is CC(C)(C)c1cc(CN2C(=O)COc3ccc(C=C4SC(=S)NC4=O)cc32)cc(C(C)(C)C)c1. The summed E-state index contributed by atoms with van der Waals surface area (Å²) in [7, 11) is 0. The number of carbonyl (C=O) groups is 2. The summed E-state index contributed by atoms with van der Waals surface area (Å²) >= 11 is 6.32. The van der Waals surface area contributed by atoms with E-state index in [9.17, 15) is 9.59 Å². The number of benzene rings is 2. The zero-order valence-corrected chi connectivity index (χ0v) is 22.1. The molecule has 2 heterocycles. The van der Waals surface area contributed by atoms with E-state index >= 15 is 0 Å². The zero-order chi connectivity index (χ0) is 24.8. The van der Waals surface area contributed by atoms with Gasteiger partial charge in [-0.15, -0.1) is 0 Å². The highest BCUT2D eigenvalue weighted by Gasteiger charge is 2.28. The van der Waals surface area contributed by atoms with Gasteiger partial charge in [0.05, 0.1) is 17.1 Å². The first-order chi connectivity index (χ1) is 15.8. The minimum atomic E-state index is -0.203. The molecule has 2 aromatic rings. The summed E-state index contributed by atoms with van der Waals surface area (Å²) in [5.41, 5.74) is 5.06. The fourth-order valence-electron chi connectivity index (χ4n) is 3.89. The molecule has 1 fully saturated rings. The molecule has 0 atom stereocenters. The van der Waals surface area contributed by atoms with Crippen molar-refractivity contribution in [2.75, 3.05) is 11.5 Å². The van der Waals surface area contributed by atoms with Gasteiger partial charge in [-0.25, -0.2) is 0 Å². The van der Waals surface area contributed by atoms with Crippen LogP contribution in [0.15, 0.2) is 41.3 Å². The summed E-state index contributed by atoms with van der Waals surface area (Å²) in [6.07, 6.45) is 1.79. The number of thioether (sulfide) groups is 1. The van der Waals surface area contributed by atoms with Crippen molar-refractivity contribution in [2.24, 2.45) is 0 Å².